The van der Waals surface area contributed by atoms with E-state index in [1.54, 1.807) is 0 Å². The van der Waals surface area contributed by atoms with Crippen LogP contribution in [0, 0.1) is 5.92 Å². The number of carbonyl (C=O) groups is 1. The molecule has 2 aromatic rings. The molecule has 120 valence electrons. The topological polar surface area (TPSA) is 28.5 Å². The van der Waals surface area contributed by atoms with E-state index in [1.807, 2.05) is 14.1 Å². The van der Waals surface area contributed by atoms with Gasteiger partial charge in [0, 0.05) is 50.7 Å². The average Bonchev–Trinajstić information content (AvgIpc) is 3.30. The van der Waals surface area contributed by atoms with Gasteiger partial charge in [0.05, 0.1) is 6.04 Å². The highest BCUT2D eigenvalue weighted by Crippen LogP contribution is 2.38. The minimum absolute atomic E-state index is 0.0445. The maximum absolute atomic E-state index is 12.8. The molecule has 0 radical (unpaired) electrons. The van der Waals surface area contributed by atoms with E-state index in [1.165, 1.54) is 16.9 Å². The summed E-state index contributed by atoms with van der Waals surface area (Å²) in [4.78, 5) is 17.0. The molecule has 1 aliphatic carbocycles. The maximum Gasteiger partial charge on any atom is 0.226 e. The number of hydrogen-bond acceptors (Lipinski definition) is 2. The van der Waals surface area contributed by atoms with Crippen molar-refractivity contribution >= 4 is 11.6 Å². The highest BCUT2D eigenvalue weighted by molar-refractivity contribution is 5.82. The van der Waals surface area contributed by atoms with Gasteiger partial charge in [-0.25, -0.2) is 0 Å². The first-order chi connectivity index (χ1) is 11.1. The van der Waals surface area contributed by atoms with Gasteiger partial charge >= 0.3 is 0 Å². The second kappa shape index (κ2) is 5.44. The van der Waals surface area contributed by atoms with Crippen LogP contribution in [-0.2, 0) is 11.3 Å². The minimum atomic E-state index is 0.0445. The second-order valence-electron chi connectivity index (χ2n) is 6.82. The lowest BCUT2D eigenvalue weighted by Crippen LogP contribution is -2.43. The highest BCUT2D eigenvalue weighted by Gasteiger charge is 2.39. The molecule has 0 unspecified atom stereocenters. The predicted molar refractivity (Wildman–Crippen MR) is 91.5 cm³/mol. The number of nitrogens with zero attached hydrogens (tertiary/aromatic N) is 3. The van der Waals surface area contributed by atoms with Crippen molar-refractivity contribution in [2.24, 2.45) is 5.92 Å². The molecule has 1 aromatic heterocycles. The van der Waals surface area contributed by atoms with Gasteiger partial charge < -0.3 is 14.4 Å². The third-order valence-electron chi connectivity index (χ3n) is 4.97. The van der Waals surface area contributed by atoms with E-state index < -0.39 is 0 Å². The van der Waals surface area contributed by atoms with E-state index in [0.717, 1.165) is 25.9 Å². The molecule has 1 aliphatic heterocycles. The van der Waals surface area contributed by atoms with Crippen molar-refractivity contribution in [1.82, 2.24) is 9.47 Å². The number of carbonyl (C=O) groups excluding carboxylic acids is 1. The Labute approximate surface area is 137 Å². The zero-order valence-corrected chi connectivity index (χ0v) is 13.8. The van der Waals surface area contributed by atoms with Gasteiger partial charge in [-0.2, -0.15) is 0 Å². The molecular weight excluding hydrogens is 286 g/mol. The van der Waals surface area contributed by atoms with Gasteiger partial charge in [0.2, 0.25) is 5.91 Å². The van der Waals surface area contributed by atoms with Crippen LogP contribution in [0.3, 0.4) is 0 Å². The molecule has 4 rings (SSSR count). The van der Waals surface area contributed by atoms with E-state index in [2.05, 4.69) is 57.0 Å². The largest absolute Gasteiger partial charge is 0.378 e. The second-order valence-corrected chi connectivity index (χ2v) is 6.82. The highest BCUT2D eigenvalue weighted by atomic mass is 16.2. The predicted octanol–water partition coefficient (Wildman–Crippen LogP) is 2.90. The summed E-state index contributed by atoms with van der Waals surface area (Å²) in [6.45, 7) is 1.70. The summed E-state index contributed by atoms with van der Waals surface area (Å²) in [5, 5.41) is 0. The number of rotatable bonds is 3. The molecule has 23 heavy (non-hydrogen) atoms. The molecule has 1 amide bonds. The standard InChI is InChI=1S/C19H23N3O/c1-20(2)16-9-7-14(8-10-16)18-17-4-3-11-21(17)12-13-22(18)19(23)15-5-6-15/h3-4,7-11,15,18H,5-6,12-13H2,1-2H3/t18-/m0/s1. The smallest absolute Gasteiger partial charge is 0.226 e. The van der Waals surface area contributed by atoms with Gasteiger partial charge in [0.15, 0.2) is 0 Å². The van der Waals surface area contributed by atoms with Gasteiger partial charge in [-0.3, -0.25) is 4.79 Å². The van der Waals surface area contributed by atoms with Crippen molar-refractivity contribution in [3.05, 3.63) is 53.9 Å². The van der Waals surface area contributed by atoms with Crippen LogP contribution in [0.1, 0.15) is 30.1 Å². The van der Waals surface area contributed by atoms with Crippen LogP contribution in [-0.4, -0.2) is 36.0 Å². The van der Waals surface area contributed by atoms with Crippen LogP contribution in [0.2, 0.25) is 0 Å². The lowest BCUT2D eigenvalue weighted by molar-refractivity contribution is -0.135. The number of amides is 1. The summed E-state index contributed by atoms with van der Waals surface area (Å²) in [7, 11) is 4.09. The molecule has 0 spiro atoms. The third-order valence-corrected chi connectivity index (χ3v) is 4.97. The zero-order valence-electron chi connectivity index (χ0n) is 13.8. The van der Waals surface area contributed by atoms with Crippen LogP contribution in [0.25, 0.3) is 0 Å². The molecule has 0 N–H and O–H groups in total. The number of anilines is 1. The quantitative estimate of drug-likeness (QED) is 0.872. The van der Waals surface area contributed by atoms with E-state index >= 15 is 0 Å². The first-order valence-corrected chi connectivity index (χ1v) is 8.38. The molecule has 1 aromatic carbocycles. The minimum Gasteiger partial charge on any atom is -0.378 e. The Bertz CT molecular complexity index is 712. The molecule has 2 aliphatic rings. The van der Waals surface area contributed by atoms with Gasteiger partial charge in [0.1, 0.15) is 0 Å². The SMILES string of the molecule is CN(C)c1ccc([C@H]2c3cccn3CCN2C(=O)C2CC2)cc1. The molecule has 0 bridgehead atoms. The molecule has 1 atom stereocenters. The van der Waals surface area contributed by atoms with Gasteiger partial charge in [-0.15, -0.1) is 0 Å². The Morgan fingerprint density at radius 3 is 2.48 bits per heavy atom. The lowest BCUT2D eigenvalue weighted by atomic mass is 9.99. The fraction of sp³-hybridized carbons (Fsp3) is 0.421. The molecule has 0 saturated heterocycles. The normalized spacial score (nSPS) is 20.3. The van der Waals surface area contributed by atoms with E-state index in [9.17, 15) is 4.79 Å². The Morgan fingerprint density at radius 2 is 1.83 bits per heavy atom. The number of hydrogen-bond donors (Lipinski definition) is 0. The third kappa shape index (κ3) is 2.52. The van der Waals surface area contributed by atoms with Crippen molar-refractivity contribution in [2.45, 2.75) is 25.4 Å². The number of aromatic nitrogens is 1. The van der Waals surface area contributed by atoms with Gasteiger partial charge in [-0.1, -0.05) is 12.1 Å². The monoisotopic (exact) mass is 309 g/mol. The molecule has 2 heterocycles. The summed E-state index contributed by atoms with van der Waals surface area (Å²) in [6.07, 6.45) is 4.24. The Morgan fingerprint density at radius 1 is 1.09 bits per heavy atom. The maximum atomic E-state index is 12.8. The summed E-state index contributed by atoms with van der Waals surface area (Å²) >= 11 is 0. The summed E-state index contributed by atoms with van der Waals surface area (Å²) < 4.78 is 2.28. The van der Waals surface area contributed by atoms with Crippen LogP contribution >= 0.6 is 0 Å². The fourth-order valence-electron chi connectivity index (χ4n) is 3.49. The van der Waals surface area contributed by atoms with Crippen molar-refractivity contribution in [2.75, 3.05) is 25.5 Å². The zero-order chi connectivity index (χ0) is 16.0. The van der Waals surface area contributed by atoms with Crippen LogP contribution in [0.4, 0.5) is 5.69 Å². The molecule has 1 fully saturated rings. The van der Waals surface area contributed by atoms with Crippen molar-refractivity contribution in [3.8, 4) is 0 Å². The van der Waals surface area contributed by atoms with Crippen LogP contribution in [0.5, 0.6) is 0 Å². The summed E-state index contributed by atoms with van der Waals surface area (Å²) in [6, 6.07) is 12.9. The van der Waals surface area contributed by atoms with E-state index in [-0.39, 0.29) is 12.0 Å². The Balaban J connectivity index is 1.73. The number of fused-ring (bicyclic) bond motifs is 1. The Hall–Kier alpha value is -2.23. The van der Waals surface area contributed by atoms with Gasteiger partial charge in [0.25, 0.3) is 0 Å². The first kappa shape index (κ1) is 14.4. The lowest BCUT2D eigenvalue weighted by Gasteiger charge is -2.37. The summed E-state index contributed by atoms with van der Waals surface area (Å²) in [5.41, 5.74) is 3.60. The summed E-state index contributed by atoms with van der Waals surface area (Å²) in [5.74, 6) is 0.596. The van der Waals surface area contributed by atoms with Crippen molar-refractivity contribution in [1.29, 1.82) is 0 Å². The first-order valence-electron chi connectivity index (χ1n) is 8.38. The molecular formula is C19H23N3O. The van der Waals surface area contributed by atoms with Crippen LogP contribution in [0.15, 0.2) is 42.6 Å². The number of benzene rings is 1. The van der Waals surface area contributed by atoms with Gasteiger partial charge in [-0.05, 0) is 42.7 Å². The Kier molecular flexibility index (Phi) is 3.40. The van der Waals surface area contributed by atoms with Crippen molar-refractivity contribution < 1.29 is 4.79 Å². The molecule has 4 heteroatoms. The van der Waals surface area contributed by atoms with E-state index in [4.69, 9.17) is 0 Å². The van der Waals surface area contributed by atoms with Crippen molar-refractivity contribution in [3.63, 3.8) is 0 Å². The van der Waals surface area contributed by atoms with Crippen LogP contribution < -0.4 is 4.90 Å². The van der Waals surface area contributed by atoms with E-state index in [0.29, 0.717) is 5.91 Å². The molecule has 4 nitrogen and oxygen atoms in total. The fourth-order valence-corrected chi connectivity index (χ4v) is 3.49. The molecule has 1 saturated carbocycles. The average molecular weight is 309 g/mol.